The van der Waals surface area contributed by atoms with Crippen molar-refractivity contribution >= 4 is 28.7 Å². The summed E-state index contributed by atoms with van der Waals surface area (Å²) in [6.07, 6.45) is 6.69. The average molecular weight is 265 g/mol. The lowest BCUT2D eigenvalue weighted by Crippen LogP contribution is -2.14. The Hall–Kier alpha value is -1.29. The molecule has 5 heteroatoms. The van der Waals surface area contributed by atoms with Crippen molar-refractivity contribution in [2.45, 2.75) is 39.2 Å². The van der Waals surface area contributed by atoms with Crippen molar-refractivity contribution in [2.75, 3.05) is 5.73 Å². The third kappa shape index (κ3) is 1.94. The molecule has 0 unspecified atom stereocenters. The van der Waals surface area contributed by atoms with Crippen LogP contribution >= 0.6 is 11.6 Å². The number of hydrogen-bond acceptors (Lipinski definition) is 3. The highest BCUT2D eigenvalue weighted by Gasteiger charge is 2.42. The highest BCUT2D eigenvalue weighted by molar-refractivity contribution is 6.31. The Morgan fingerprint density at radius 1 is 1.50 bits per heavy atom. The zero-order valence-corrected chi connectivity index (χ0v) is 11.2. The number of fused-ring (bicyclic) bond motifs is 1. The lowest BCUT2D eigenvalue weighted by molar-refractivity contribution is 0.395. The summed E-state index contributed by atoms with van der Waals surface area (Å²) in [5.74, 6) is 0.544. The van der Waals surface area contributed by atoms with E-state index in [1.54, 1.807) is 6.20 Å². The van der Waals surface area contributed by atoms with Crippen LogP contribution in [0.2, 0.25) is 5.02 Å². The Morgan fingerprint density at radius 3 is 2.94 bits per heavy atom. The molecule has 1 fully saturated rings. The highest BCUT2D eigenvalue weighted by Crippen LogP contribution is 2.51. The Morgan fingerprint density at radius 2 is 2.28 bits per heavy atom. The molecule has 0 aliphatic heterocycles. The van der Waals surface area contributed by atoms with Crippen LogP contribution in [0.25, 0.3) is 11.2 Å². The van der Waals surface area contributed by atoms with E-state index in [-0.39, 0.29) is 0 Å². The number of rotatable bonds is 4. The zero-order chi connectivity index (χ0) is 12.8. The predicted molar refractivity (Wildman–Crippen MR) is 73.5 cm³/mol. The number of nitrogen functional groups attached to an aromatic ring is 1. The first kappa shape index (κ1) is 11.8. The van der Waals surface area contributed by atoms with Gasteiger partial charge >= 0.3 is 0 Å². The summed E-state index contributed by atoms with van der Waals surface area (Å²) >= 11 is 5.92. The topological polar surface area (TPSA) is 56.7 Å². The van der Waals surface area contributed by atoms with Gasteiger partial charge in [-0.3, -0.25) is 4.57 Å². The molecular formula is C13H17ClN4. The lowest BCUT2D eigenvalue weighted by Gasteiger charge is -2.15. The Bertz CT molecular complexity index is 586. The van der Waals surface area contributed by atoms with Gasteiger partial charge in [0.05, 0.1) is 5.02 Å². The van der Waals surface area contributed by atoms with Gasteiger partial charge in [-0.25, -0.2) is 9.97 Å². The Balaban J connectivity index is 1.99. The van der Waals surface area contributed by atoms with E-state index in [0.717, 1.165) is 17.7 Å². The molecule has 0 atom stereocenters. The van der Waals surface area contributed by atoms with Crippen LogP contribution in [0.4, 0.5) is 5.95 Å². The molecule has 0 spiro atoms. The fourth-order valence-corrected chi connectivity index (χ4v) is 2.84. The van der Waals surface area contributed by atoms with E-state index < -0.39 is 0 Å². The van der Waals surface area contributed by atoms with Gasteiger partial charge in [0.2, 0.25) is 5.95 Å². The van der Waals surface area contributed by atoms with Gasteiger partial charge in [0, 0.05) is 12.7 Å². The minimum absolute atomic E-state index is 0.428. The predicted octanol–water partition coefficient (Wildman–Crippen LogP) is 3.25. The Kier molecular flexibility index (Phi) is 2.70. The van der Waals surface area contributed by atoms with Crippen molar-refractivity contribution in [1.82, 2.24) is 14.5 Å². The van der Waals surface area contributed by atoms with Crippen LogP contribution < -0.4 is 5.73 Å². The molecule has 2 aromatic heterocycles. The molecule has 18 heavy (non-hydrogen) atoms. The summed E-state index contributed by atoms with van der Waals surface area (Å²) in [6.45, 7) is 3.16. The van der Waals surface area contributed by atoms with Crippen LogP contribution in [0.1, 0.15) is 32.6 Å². The molecule has 0 bridgehead atoms. The van der Waals surface area contributed by atoms with E-state index in [0.29, 0.717) is 16.4 Å². The second kappa shape index (κ2) is 4.12. The SMILES string of the molecule is CCCC1(Cn2c(N)nc3cc(Cl)cnc32)CC1. The molecule has 2 N–H and O–H groups in total. The van der Waals surface area contributed by atoms with E-state index in [2.05, 4.69) is 16.9 Å². The maximum absolute atomic E-state index is 6.00. The normalized spacial score (nSPS) is 17.2. The maximum atomic E-state index is 6.00. The molecule has 0 radical (unpaired) electrons. The fraction of sp³-hybridized carbons (Fsp3) is 0.538. The largest absolute Gasteiger partial charge is 0.369 e. The smallest absolute Gasteiger partial charge is 0.202 e. The Labute approximate surface area is 111 Å². The summed E-state index contributed by atoms with van der Waals surface area (Å²) in [7, 11) is 0. The summed E-state index contributed by atoms with van der Waals surface area (Å²) in [5, 5.41) is 0.599. The van der Waals surface area contributed by atoms with Crippen LogP contribution in [-0.2, 0) is 6.54 Å². The minimum Gasteiger partial charge on any atom is -0.369 e. The molecule has 3 rings (SSSR count). The van der Waals surface area contributed by atoms with Crippen molar-refractivity contribution in [2.24, 2.45) is 5.41 Å². The number of nitrogens with zero attached hydrogens (tertiary/aromatic N) is 3. The van der Waals surface area contributed by atoms with Crippen molar-refractivity contribution in [3.8, 4) is 0 Å². The first-order valence-electron chi connectivity index (χ1n) is 6.41. The van der Waals surface area contributed by atoms with Gasteiger partial charge in [-0.15, -0.1) is 0 Å². The molecule has 0 aromatic carbocycles. The number of hydrogen-bond donors (Lipinski definition) is 1. The van der Waals surface area contributed by atoms with Gasteiger partial charge in [-0.2, -0.15) is 0 Å². The van der Waals surface area contributed by atoms with Gasteiger partial charge in [-0.05, 0) is 30.7 Å². The molecule has 1 aliphatic rings. The first-order valence-corrected chi connectivity index (χ1v) is 6.79. The van der Waals surface area contributed by atoms with Crippen molar-refractivity contribution < 1.29 is 0 Å². The molecule has 1 saturated carbocycles. The van der Waals surface area contributed by atoms with Crippen LogP contribution in [0, 0.1) is 5.41 Å². The molecule has 2 heterocycles. The number of halogens is 1. The van der Waals surface area contributed by atoms with Crippen molar-refractivity contribution in [1.29, 1.82) is 0 Å². The van der Waals surface area contributed by atoms with E-state index in [1.165, 1.54) is 25.7 Å². The number of aromatic nitrogens is 3. The maximum Gasteiger partial charge on any atom is 0.202 e. The zero-order valence-electron chi connectivity index (χ0n) is 10.5. The third-order valence-corrected chi connectivity index (χ3v) is 4.02. The van der Waals surface area contributed by atoms with Gasteiger partial charge in [-0.1, -0.05) is 24.9 Å². The molecule has 1 aliphatic carbocycles. The molecular weight excluding hydrogens is 248 g/mol. The standard InChI is InChI=1S/C13H17ClN4/c1-2-3-13(4-5-13)8-18-11-10(17-12(18)15)6-9(14)7-16-11/h6-7H,2-5,8H2,1H3,(H2,15,17). The first-order chi connectivity index (χ1) is 8.63. The van der Waals surface area contributed by atoms with Gasteiger partial charge < -0.3 is 5.73 Å². The van der Waals surface area contributed by atoms with Crippen LogP contribution in [-0.4, -0.2) is 14.5 Å². The third-order valence-electron chi connectivity index (χ3n) is 3.81. The summed E-state index contributed by atoms with van der Waals surface area (Å²) in [5.41, 5.74) is 8.06. The number of nitrogens with two attached hydrogens (primary N) is 1. The van der Waals surface area contributed by atoms with Crippen LogP contribution in [0.15, 0.2) is 12.3 Å². The van der Waals surface area contributed by atoms with Crippen LogP contribution in [0.5, 0.6) is 0 Å². The van der Waals surface area contributed by atoms with E-state index in [9.17, 15) is 0 Å². The van der Waals surface area contributed by atoms with Gasteiger partial charge in [0.15, 0.2) is 5.65 Å². The second-order valence-corrected chi connectivity index (χ2v) is 5.74. The van der Waals surface area contributed by atoms with Crippen LogP contribution in [0.3, 0.4) is 0 Å². The van der Waals surface area contributed by atoms with Crippen molar-refractivity contribution in [3.63, 3.8) is 0 Å². The minimum atomic E-state index is 0.428. The number of pyridine rings is 1. The van der Waals surface area contributed by atoms with E-state index >= 15 is 0 Å². The summed E-state index contributed by atoms with van der Waals surface area (Å²) in [6, 6.07) is 1.82. The molecule has 0 saturated heterocycles. The number of imidazole rings is 1. The highest BCUT2D eigenvalue weighted by atomic mass is 35.5. The average Bonchev–Trinajstić information content (AvgIpc) is 3.00. The molecule has 4 nitrogen and oxygen atoms in total. The molecule has 96 valence electrons. The quantitative estimate of drug-likeness (QED) is 0.922. The summed E-state index contributed by atoms with van der Waals surface area (Å²) < 4.78 is 2.04. The lowest BCUT2D eigenvalue weighted by atomic mass is 10.0. The van der Waals surface area contributed by atoms with Gasteiger partial charge in [0.1, 0.15) is 5.52 Å². The van der Waals surface area contributed by atoms with Crippen molar-refractivity contribution in [3.05, 3.63) is 17.3 Å². The summed E-state index contributed by atoms with van der Waals surface area (Å²) in [4.78, 5) is 8.70. The molecule has 0 amide bonds. The van der Waals surface area contributed by atoms with E-state index in [4.69, 9.17) is 17.3 Å². The number of anilines is 1. The fourth-order valence-electron chi connectivity index (χ4n) is 2.69. The van der Waals surface area contributed by atoms with E-state index in [1.807, 2.05) is 10.6 Å². The molecule has 2 aromatic rings. The monoisotopic (exact) mass is 264 g/mol. The second-order valence-electron chi connectivity index (χ2n) is 5.30. The van der Waals surface area contributed by atoms with Gasteiger partial charge in [0.25, 0.3) is 0 Å².